The van der Waals surface area contributed by atoms with E-state index in [1.165, 1.54) is 26.0 Å². The number of fused-ring (bicyclic) bond motifs is 1. The van der Waals surface area contributed by atoms with E-state index in [1.54, 1.807) is 13.0 Å². The average molecular weight is 420 g/mol. The summed E-state index contributed by atoms with van der Waals surface area (Å²) < 4.78 is 16.4. The summed E-state index contributed by atoms with van der Waals surface area (Å²) in [5.41, 5.74) is -1.99. The number of ketones is 1. The zero-order chi connectivity index (χ0) is 22.8. The Morgan fingerprint density at radius 3 is 2.50 bits per heavy atom. The molecule has 30 heavy (non-hydrogen) atoms. The Bertz CT molecular complexity index is 819. The maximum Gasteiger partial charge on any atom is 0.334 e. The molecule has 1 aliphatic carbocycles. The highest BCUT2D eigenvalue weighted by Crippen LogP contribution is 2.40. The van der Waals surface area contributed by atoms with E-state index < -0.39 is 53.5 Å². The summed E-state index contributed by atoms with van der Waals surface area (Å²) in [4.78, 5) is 49.5. The van der Waals surface area contributed by atoms with Gasteiger partial charge in [-0.2, -0.15) is 0 Å². The van der Waals surface area contributed by atoms with E-state index in [0.717, 1.165) is 6.92 Å². The highest BCUT2D eigenvalue weighted by Gasteiger charge is 2.55. The second-order valence-corrected chi connectivity index (χ2v) is 7.95. The summed E-state index contributed by atoms with van der Waals surface area (Å²) in [6.07, 6.45) is 0.919. The number of hydrogen-bond donors (Lipinski definition) is 1. The molecule has 1 aliphatic heterocycles. The molecule has 0 radical (unpaired) electrons. The SMILES string of the molecule is C=C1C(=O)OC2CC(C)C=CC(=O)C(C)(O)C(OC(=O)C(C)=CC)C(OC(C)=O)C12. The molecule has 0 amide bonds. The standard InChI is InChI=1S/C22H28O8/c1-7-12(3)20(25)30-19-18(28-14(5)23)17-13(4)21(26)29-15(17)10-11(2)8-9-16(24)22(19,6)27/h7-9,11,15,17-19,27H,4,10H2,1-3,5-6H3. The second-order valence-electron chi connectivity index (χ2n) is 7.95. The normalized spacial score (nSPS) is 34.8. The Hall–Kier alpha value is -2.74. The van der Waals surface area contributed by atoms with Gasteiger partial charge in [-0.1, -0.05) is 25.7 Å². The summed E-state index contributed by atoms with van der Waals surface area (Å²) in [6.45, 7) is 11.0. The van der Waals surface area contributed by atoms with Crippen molar-refractivity contribution < 1.29 is 38.5 Å². The van der Waals surface area contributed by atoms with Crippen LogP contribution in [0.2, 0.25) is 0 Å². The molecule has 0 aromatic carbocycles. The van der Waals surface area contributed by atoms with Gasteiger partial charge in [0.15, 0.2) is 23.6 Å². The predicted molar refractivity (Wildman–Crippen MR) is 106 cm³/mol. The van der Waals surface area contributed by atoms with Crippen molar-refractivity contribution in [1.82, 2.24) is 0 Å². The Morgan fingerprint density at radius 2 is 1.93 bits per heavy atom. The van der Waals surface area contributed by atoms with Gasteiger partial charge in [-0.3, -0.25) is 9.59 Å². The third-order valence-electron chi connectivity index (χ3n) is 5.50. The molecule has 0 aromatic heterocycles. The second kappa shape index (κ2) is 8.95. The first-order valence-corrected chi connectivity index (χ1v) is 9.76. The molecular formula is C22H28O8. The maximum absolute atomic E-state index is 12.8. The van der Waals surface area contributed by atoms with Crippen molar-refractivity contribution in [2.75, 3.05) is 0 Å². The molecule has 1 fully saturated rings. The summed E-state index contributed by atoms with van der Waals surface area (Å²) in [5, 5.41) is 11.1. The summed E-state index contributed by atoms with van der Waals surface area (Å²) in [7, 11) is 0. The van der Waals surface area contributed by atoms with Crippen molar-refractivity contribution in [2.45, 2.75) is 65.0 Å². The van der Waals surface area contributed by atoms with Gasteiger partial charge >= 0.3 is 17.9 Å². The van der Waals surface area contributed by atoms with Crippen molar-refractivity contribution in [3.05, 3.63) is 36.0 Å². The van der Waals surface area contributed by atoms with Crippen LogP contribution in [0.15, 0.2) is 36.0 Å². The van der Waals surface area contributed by atoms with Crippen molar-refractivity contribution in [1.29, 1.82) is 0 Å². The largest absolute Gasteiger partial charge is 0.458 e. The molecule has 0 aromatic rings. The van der Waals surface area contributed by atoms with Gasteiger partial charge in [0.1, 0.15) is 6.10 Å². The number of hydrogen-bond acceptors (Lipinski definition) is 8. The molecule has 6 unspecified atom stereocenters. The smallest absolute Gasteiger partial charge is 0.334 e. The topological polar surface area (TPSA) is 116 Å². The Labute approximate surface area is 175 Å². The lowest BCUT2D eigenvalue weighted by molar-refractivity contribution is -0.194. The molecule has 8 heteroatoms. The molecule has 0 spiro atoms. The lowest BCUT2D eigenvalue weighted by atomic mass is 9.77. The number of carbonyl (C=O) groups is 4. The molecule has 0 saturated carbocycles. The van der Waals surface area contributed by atoms with Crippen LogP contribution < -0.4 is 0 Å². The molecule has 2 rings (SSSR count). The molecule has 6 atom stereocenters. The van der Waals surface area contributed by atoms with Crippen molar-refractivity contribution >= 4 is 23.7 Å². The van der Waals surface area contributed by atoms with Crippen LogP contribution in [0.1, 0.15) is 41.0 Å². The van der Waals surface area contributed by atoms with Crippen molar-refractivity contribution in [3.63, 3.8) is 0 Å². The molecule has 0 bridgehead atoms. The van der Waals surface area contributed by atoms with Crippen molar-refractivity contribution in [3.8, 4) is 0 Å². The van der Waals surface area contributed by atoms with E-state index in [0.29, 0.717) is 6.42 Å². The summed E-state index contributed by atoms with van der Waals surface area (Å²) in [6, 6.07) is 0. The first kappa shape index (κ1) is 23.5. The van der Waals surface area contributed by atoms with Crippen LogP contribution >= 0.6 is 0 Å². The average Bonchev–Trinajstić information content (AvgIpc) is 2.93. The molecule has 2 aliphatic rings. The van der Waals surface area contributed by atoms with Crippen LogP contribution in [0, 0.1) is 11.8 Å². The van der Waals surface area contributed by atoms with Gasteiger partial charge in [-0.25, -0.2) is 9.59 Å². The monoisotopic (exact) mass is 420 g/mol. The Morgan fingerprint density at radius 1 is 1.30 bits per heavy atom. The minimum atomic E-state index is -2.24. The number of allylic oxidation sites excluding steroid dienone is 2. The number of carbonyl (C=O) groups excluding carboxylic acids is 4. The maximum atomic E-state index is 12.8. The number of esters is 3. The summed E-state index contributed by atoms with van der Waals surface area (Å²) in [5.74, 6) is -4.01. The zero-order valence-electron chi connectivity index (χ0n) is 17.8. The minimum absolute atomic E-state index is 0.0232. The van der Waals surface area contributed by atoms with Gasteiger partial charge < -0.3 is 19.3 Å². The Kier molecular flexibility index (Phi) is 7.02. The first-order valence-electron chi connectivity index (χ1n) is 9.76. The van der Waals surface area contributed by atoms with Crippen LogP contribution in [0.5, 0.6) is 0 Å². The van der Waals surface area contributed by atoms with Crippen LogP contribution in [0.25, 0.3) is 0 Å². The molecule has 1 heterocycles. The zero-order valence-corrected chi connectivity index (χ0v) is 17.8. The van der Waals surface area contributed by atoms with Crippen LogP contribution in [-0.4, -0.2) is 52.7 Å². The quantitative estimate of drug-likeness (QED) is 0.417. The van der Waals surface area contributed by atoms with Gasteiger partial charge in [-0.05, 0) is 39.2 Å². The molecular weight excluding hydrogens is 392 g/mol. The number of ether oxygens (including phenoxy) is 3. The fourth-order valence-corrected chi connectivity index (χ4v) is 3.60. The summed E-state index contributed by atoms with van der Waals surface area (Å²) >= 11 is 0. The van der Waals surface area contributed by atoms with Gasteiger partial charge in [0.2, 0.25) is 0 Å². The minimum Gasteiger partial charge on any atom is -0.458 e. The fourth-order valence-electron chi connectivity index (χ4n) is 3.60. The van der Waals surface area contributed by atoms with Crippen molar-refractivity contribution in [2.24, 2.45) is 11.8 Å². The third kappa shape index (κ3) is 4.70. The van der Waals surface area contributed by atoms with E-state index >= 15 is 0 Å². The molecule has 1 saturated heterocycles. The van der Waals surface area contributed by atoms with E-state index in [2.05, 4.69) is 6.58 Å². The van der Waals surface area contributed by atoms with Gasteiger partial charge in [-0.15, -0.1) is 0 Å². The highest BCUT2D eigenvalue weighted by atomic mass is 16.6. The lowest BCUT2D eigenvalue weighted by Gasteiger charge is -2.39. The van der Waals surface area contributed by atoms with Crippen LogP contribution in [0.4, 0.5) is 0 Å². The van der Waals surface area contributed by atoms with E-state index in [1.807, 2.05) is 6.92 Å². The van der Waals surface area contributed by atoms with Crippen LogP contribution in [-0.2, 0) is 33.4 Å². The highest BCUT2D eigenvalue weighted by molar-refractivity contribution is 5.98. The third-order valence-corrected chi connectivity index (χ3v) is 5.50. The number of aliphatic hydroxyl groups is 1. The van der Waals surface area contributed by atoms with E-state index in [-0.39, 0.29) is 17.1 Å². The van der Waals surface area contributed by atoms with Gasteiger partial charge in [0, 0.05) is 18.1 Å². The molecule has 164 valence electrons. The number of rotatable bonds is 3. The lowest BCUT2D eigenvalue weighted by Crippen LogP contribution is -2.58. The van der Waals surface area contributed by atoms with Crippen LogP contribution in [0.3, 0.4) is 0 Å². The molecule has 8 nitrogen and oxygen atoms in total. The predicted octanol–water partition coefficient (Wildman–Crippen LogP) is 1.81. The fraction of sp³-hybridized carbons (Fsp3) is 0.545. The van der Waals surface area contributed by atoms with Gasteiger partial charge in [0.05, 0.1) is 5.92 Å². The first-order chi connectivity index (χ1) is 13.9. The Balaban J connectivity index is 2.67. The van der Waals surface area contributed by atoms with E-state index in [9.17, 15) is 24.3 Å². The van der Waals surface area contributed by atoms with E-state index in [4.69, 9.17) is 14.2 Å². The van der Waals surface area contributed by atoms with Gasteiger partial charge in [0.25, 0.3) is 0 Å². The molecule has 1 N–H and O–H groups in total.